The molecule has 1 saturated heterocycles. The fraction of sp³-hybridized carbons (Fsp3) is 0.393. The van der Waals surface area contributed by atoms with E-state index in [1.165, 1.54) is 6.07 Å². The first-order valence-electron chi connectivity index (χ1n) is 13.4. The molecule has 3 aromatic rings. The van der Waals surface area contributed by atoms with Gasteiger partial charge in [0.15, 0.2) is 0 Å². The van der Waals surface area contributed by atoms with Gasteiger partial charge < -0.3 is 15.1 Å². The quantitative estimate of drug-likeness (QED) is 0.341. The van der Waals surface area contributed by atoms with Crippen molar-refractivity contribution in [3.63, 3.8) is 0 Å². The minimum atomic E-state index is -3.61. The highest BCUT2D eigenvalue weighted by Gasteiger charge is 2.27. The molecule has 2 unspecified atom stereocenters. The lowest BCUT2D eigenvalue weighted by Crippen LogP contribution is -2.45. The predicted octanol–water partition coefficient (Wildman–Crippen LogP) is 2.34. The highest BCUT2D eigenvalue weighted by atomic mass is 31.2. The van der Waals surface area contributed by atoms with Crippen LogP contribution in [0.1, 0.15) is 5.69 Å². The summed E-state index contributed by atoms with van der Waals surface area (Å²) in [5.74, 6) is -0.389. The number of hydrogen-bond acceptors (Lipinski definition) is 7. The number of nitrogens with zero attached hydrogens (tertiary/aromatic N) is 4. The number of aromatic nitrogens is 1. The van der Waals surface area contributed by atoms with Crippen LogP contribution >= 0.6 is 14.7 Å². The van der Waals surface area contributed by atoms with Gasteiger partial charge in [-0.05, 0) is 36.4 Å². The number of pyridine rings is 1. The summed E-state index contributed by atoms with van der Waals surface area (Å²) in [6.45, 7) is 4.54. The number of hydrogen-bond donors (Lipinski definition) is 3. The molecule has 0 radical (unpaired) electrons. The van der Waals surface area contributed by atoms with Crippen LogP contribution in [0.5, 0.6) is 0 Å². The summed E-state index contributed by atoms with van der Waals surface area (Å²) in [5, 5.41) is 4.21. The molecule has 0 amide bonds. The van der Waals surface area contributed by atoms with Crippen molar-refractivity contribution in [1.82, 2.24) is 25.0 Å². The molecular formula is C28H38FN5O4P2. The fourth-order valence-corrected chi connectivity index (χ4v) is 7.97. The first-order valence-corrected chi connectivity index (χ1v) is 17.1. The molecule has 2 aromatic carbocycles. The molecule has 0 bridgehead atoms. The van der Waals surface area contributed by atoms with Crippen LogP contribution < -0.4 is 15.9 Å². The van der Waals surface area contributed by atoms with E-state index >= 15 is 0 Å². The van der Waals surface area contributed by atoms with Gasteiger partial charge >= 0.3 is 0 Å². The minimum absolute atomic E-state index is 0.0153. The monoisotopic (exact) mass is 589 g/mol. The van der Waals surface area contributed by atoms with E-state index in [-0.39, 0.29) is 24.9 Å². The van der Waals surface area contributed by atoms with Gasteiger partial charge in [0.25, 0.3) is 0 Å². The van der Waals surface area contributed by atoms with Crippen molar-refractivity contribution in [3.05, 3.63) is 90.5 Å². The van der Waals surface area contributed by atoms with Gasteiger partial charge in [-0.15, -0.1) is 0 Å². The number of rotatable bonds is 8. The van der Waals surface area contributed by atoms with E-state index in [9.17, 15) is 23.3 Å². The van der Waals surface area contributed by atoms with Crippen molar-refractivity contribution >= 4 is 25.3 Å². The van der Waals surface area contributed by atoms with E-state index in [4.69, 9.17) is 0 Å². The zero-order chi connectivity index (χ0) is 28.4. The predicted molar refractivity (Wildman–Crippen MR) is 157 cm³/mol. The van der Waals surface area contributed by atoms with E-state index < -0.39 is 14.7 Å². The van der Waals surface area contributed by atoms with Gasteiger partial charge in [-0.1, -0.05) is 36.4 Å². The van der Waals surface area contributed by atoms with Crippen LogP contribution in [-0.4, -0.2) is 94.4 Å². The van der Waals surface area contributed by atoms with Crippen LogP contribution in [0.4, 0.5) is 4.39 Å². The maximum atomic E-state index is 14.5. The Labute approximate surface area is 235 Å². The Kier molecular flexibility index (Phi) is 11.2. The van der Waals surface area contributed by atoms with Gasteiger partial charge in [-0.3, -0.25) is 28.8 Å². The summed E-state index contributed by atoms with van der Waals surface area (Å²) in [7, 11) is -7.22. The van der Waals surface area contributed by atoms with E-state index in [0.717, 1.165) is 0 Å². The Morgan fingerprint density at radius 1 is 0.700 bits per heavy atom. The topological polar surface area (TPSA) is 109 Å². The van der Waals surface area contributed by atoms with Crippen molar-refractivity contribution in [1.29, 1.82) is 0 Å². The van der Waals surface area contributed by atoms with Crippen molar-refractivity contribution in [2.75, 3.05) is 64.9 Å². The zero-order valence-corrected chi connectivity index (χ0v) is 24.3. The van der Waals surface area contributed by atoms with Crippen LogP contribution in [-0.2, 0) is 15.7 Å². The molecule has 0 saturated carbocycles. The lowest BCUT2D eigenvalue weighted by molar-refractivity contribution is 0.174. The second-order valence-electron chi connectivity index (χ2n) is 10.1. The molecule has 12 heteroatoms. The standard InChI is InChI=1S/C28H38FN5O4P2/c29-27-12-7-13-31-28(27)22-32-18-20-33(23-39(35,36)25-8-3-1-4-9-25)16-14-30-15-17-34(21-19-32)24-40(37,38)26-10-5-2-6-11-26/h1-13,30H,14-24H2,(H,35,36)(H,37,38). The average Bonchev–Trinajstić information content (AvgIpc) is 2.94. The van der Waals surface area contributed by atoms with E-state index in [1.807, 2.05) is 21.9 Å². The lowest BCUT2D eigenvalue weighted by Gasteiger charge is -2.32. The van der Waals surface area contributed by atoms with E-state index in [1.54, 1.807) is 60.8 Å². The number of halogens is 1. The van der Waals surface area contributed by atoms with Gasteiger partial charge in [-0.2, -0.15) is 0 Å². The Bertz CT molecular complexity index is 1230. The van der Waals surface area contributed by atoms with Crippen molar-refractivity contribution in [3.8, 4) is 0 Å². The van der Waals surface area contributed by atoms with Crippen LogP contribution in [0, 0.1) is 5.82 Å². The van der Waals surface area contributed by atoms with E-state index in [0.29, 0.717) is 68.7 Å². The second kappa shape index (κ2) is 14.6. The highest BCUT2D eigenvalue weighted by molar-refractivity contribution is 7.66. The van der Waals surface area contributed by atoms with Gasteiger partial charge in [0.2, 0.25) is 14.7 Å². The zero-order valence-electron chi connectivity index (χ0n) is 22.6. The summed E-state index contributed by atoms with van der Waals surface area (Å²) in [6, 6.07) is 20.3. The molecule has 1 aliphatic rings. The maximum Gasteiger partial charge on any atom is 0.243 e. The van der Waals surface area contributed by atoms with Gasteiger partial charge in [0.05, 0.1) is 18.3 Å². The third kappa shape index (κ3) is 9.13. The molecule has 3 N–H and O–H groups in total. The molecular weight excluding hydrogens is 551 g/mol. The van der Waals surface area contributed by atoms with Crippen LogP contribution in [0.25, 0.3) is 0 Å². The molecule has 4 rings (SSSR count). The molecule has 0 aliphatic carbocycles. The summed E-state index contributed by atoms with van der Waals surface area (Å²) >= 11 is 0. The normalized spacial score (nSPS) is 20.1. The average molecular weight is 590 g/mol. The molecule has 40 heavy (non-hydrogen) atoms. The summed E-state index contributed by atoms with van der Waals surface area (Å²) in [5.41, 5.74) is 0.323. The molecule has 1 fully saturated rings. The Morgan fingerprint density at radius 2 is 1.18 bits per heavy atom. The Morgan fingerprint density at radius 3 is 1.65 bits per heavy atom. The van der Waals surface area contributed by atoms with Crippen molar-refractivity contribution < 1.29 is 23.3 Å². The maximum absolute atomic E-state index is 14.5. The molecule has 0 spiro atoms. The van der Waals surface area contributed by atoms with Crippen LogP contribution in [0.15, 0.2) is 79.0 Å². The summed E-state index contributed by atoms with van der Waals surface area (Å²) < 4.78 is 41.0. The van der Waals surface area contributed by atoms with Crippen LogP contribution in [0.2, 0.25) is 0 Å². The molecule has 2 heterocycles. The summed E-state index contributed by atoms with van der Waals surface area (Å²) in [4.78, 5) is 31.9. The fourth-order valence-electron chi connectivity index (χ4n) is 4.72. The summed E-state index contributed by atoms with van der Waals surface area (Å²) in [6.07, 6.45) is 1.59. The van der Waals surface area contributed by atoms with Gasteiger partial charge in [-0.25, -0.2) is 4.39 Å². The molecule has 2 atom stereocenters. The number of nitrogens with one attached hydrogen (secondary N) is 1. The molecule has 1 aliphatic heterocycles. The van der Waals surface area contributed by atoms with Crippen LogP contribution in [0.3, 0.4) is 0 Å². The SMILES string of the molecule is O=P(O)(CN1CCNCCN(CP(=O)(O)c2ccccc2)CCN(Cc2ncccc2F)CC1)c1ccccc1. The first kappa shape index (κ1) is 30.7. The van der Waals surface area contributed by atoms with Gasteiger partial charge in [0.1, 0.15) is 5.82 Å². The lowest BCUT2D eigenvalue weighted by atomic mass is 10.3. The third-order valence-corrected chi connectivity index (χ3v) is 10.8. The Balaban J connectivity index is 1.49. The smallest absolute Gasteiger partial charge is 0.243 e. The van der Waals surface area contributed by atoms with Crippen molar-refractivity contribution in [2.45, 2.75) is 6.54 Å². The minimum Gasteiger partial charge on any atom is -0.340 e. The largest absolute Gasteiger partial charge is 0.340 e. The molecule has 216 valence electrons. The second-order valence-corrected chi connectivity index (χ2v) is 14.5. The highest BCUT2D eigenvalue weighted by Crippen LogP contribution is 2.40. The third-order valence-electron chi connectivity index (χ3n) is 6.99. The Hall–Kier alpha value is -2.26. The number of benzene rings is 2. The van der Waals surface area contributed by atoms with Gasteiger partial charge in [0, 0.05) is 75.7 Å². The molecule has 9 nitrogen and oxygen atoms in total. The van der Waals surface area contributed by atoms with E-state index in [2.05, 4.69) is 15.2 Å². The molecule has 1 aromatic heterocycles. The first-order chi connectivity index (χ1) is 19.2. The van der Waals surface area contributed by atoms with Crippen molar-refractivity contribution in [2.24, 2.45) is 0 Å².